The van der Waals surface area contributed by atoms with Crippen LogP contribution in [0.2, 0.25) is 0 Å². The van der Waals surface area contributed by atoms with E-state index in [2.05, 4.69) is 0 Å². The first-order chi connectivity index (χ1) is 6.56. The van der Waals surface area contributed by atoms with E-state index in [4.69, 9.17) is 9.52 Å². The van der Waals surface area contributed by atoms with Crippen molar-refractivity contribution in [1.29, 1.82) is 0 Å². The zero-order valence-corrected chi connectivity index (χ0v) is 8.07. The van der Waals surface area contributed by atoms with Gasteiger partial charge in [0.15, 0.2) is 0 Å². The number of hydrogen-bond donors (Lipinski definition) is 2. The first kappa shape index (κ1) is 10.5. The van der Waals surface area contributed by atoms with Gasteiger partial charge in [0, 0.05) is 6.07 Å². The lowest BCUT2D eigenvalue weighted by Gasteiger charge is -2.02. The predicted molar refractivity (Wildman–Crippen MR) is 52.1 cm³/mol. The Kier molecular flexibility index (Phi) is 3.09. The molecular formula is C10H12O4. The molecule has 0 atom stereocenters. The van der Waals surface area contributed by atoms with E-state index >= 15 is 0 Å². The minimum Gasteiger partial charge on any atom is -0.507 e. The quantitative estimate of drug-likeness (QED) is 0.741. The van der Waals surface area contributed by atoms with Crippen molar-refractivity contribution in [1.82, 2.24) is 0 Å². The van der Waals surface area contributed by atoms with Gasteiger partial charge in [-0.25, -0.2) is 4.79 Å². The molecule has 0 amide bonds. The molecule has 4 heteroatoms. The highest BCUT2D eigenvalue weighted by molar-refractivity contribution is 5.60. The Bertz CT molecular complexity index is 415. The molecule has 1 aromatic heterocycles. The van der Waals surface area contributed by atoms with Gasteiger partial charge in [0.25, 0.3) is 0 Å². The van der Waals surface area contributed by atoms with Crippen LogP contribution in [0.1, 0.15) is 18.2 Å². The van der Waals surface area contributed by atoms with Crippen molar-refractivity contribution in [3.05, 3.63) is 33.9 Å². The summed E-state index contributed by atoms with van der Waals surface area (Å²) in [6.07, 6.45) is 1.49. The van der Waals surface area contributed by atoms with E-state index in [1.807, 2.05) is 0 Å². The highest BCUT2D eigenvalue weighted by Gasteiger charge is 2.07. The second kappa shape index (κ2) is 4.11. The van der Waals surface area contributed by atoms with Crippen molar-refractivity contribution < 1.29 is 14.6 Å². The van der Waals surface area contributed by atoms with Crippen molar-refractivity contribution in [2.24, 2.45) is 0 Å². The van der Waals surface area contributed by atoms with Gasteiger partial charge in [-0.05, 0) is 19.4 Å². The molecule has 1 heterocycles. The fraction of sp³-hybridized carbons (Fsp3) is 0.300. The van der Waals surface area contributed by atoms with Gasteiger partial charge in [0.1, 0.15) is 11.5 Å². The van der Waals surface area contributed by atoms with Crippen LogP contribution in [-0.2, 0) is 0 Å². The van der Waals surface area contributed by atoms with Gasteiger partial charge in [-0.15, -0.1) is 0 Å². The Morgan fingerprint density at radius 3 is 2.79 bits per heavy atom. The Balaban J connectivity index is 3.26. The molecule has 0 radical (unpaired) electrons. The summed E-state index contributed by atoms with van der Waals surface area (Å²) in [5.41, 5.74) is 0.233. The van der Waals surface area contributed by atoms with Gasteiger partial charge >= 0.3 is 5.63 Å². The summed E-state index contributed by atoms with van der Waals surface area (Å²) in [5.74, 6) is 0.175. The van der Waals surface area contributed by atoms with E-state index < -0.39 is 5.63 Å². The molecule has 76 valence electrons. The fourth-order valence-corrected chi connectivity index (χ4v) is 0.975. The Morgan fingerprint density at radius 1 is 1.64 bits per heavy atom. The van der Waals surface area contributed by atoms with Gasteiger partial charge in [-0.1, -0.05) is 6.08 Å². The van der Waals surface area contributed by atoms with Crippen molar-refractivity contribution >= 4 is 5.57 Å². The molecule has 4 nitrogen and oxygen atoms in total. The molecule has 14 heavy (non-hydrogen) atoms. The van der Waals surface area contributed by atoms with Crippen LogP contribution in [0.4, 0.5) is 0 Å². The molecule has 0 saturated heterocycles. The summed E-state index contributed by atoms with van der Waals surface area (Å²) in [4.78, 5) is 11.2. The highest BCUT2D eigenvalue weighted by atomic mass is 16.4. The Hall–Kier alpha value is -1.55. The molecule has 0 aliphatic rings. The molecule has 0 fully saturated rings. The lowest BCUT2D eigenvalue weighted by molar-refractivity contribution is 0.342. The average Bonchev–Trinajstić information content (AvgIpc) is 2.13. The molecule has 1 aromatic rings. The number of allylic oxidation sites excluding steroid dienone is 1. The van der Waals surface area contributed by atoms with Crippen LogP contribution in [0.25, 0.3) is 5.57 Å². The van der Waals surface area contributed by atoms with E-state index in [9.17, 15) is 9.90 Å². The molecule has 1 rings (SSSR count). The lowest BCUT2D eigenvalue weighted by atomic mass is 10.2. The number of hydrogen-bond acceptors (Lipinski definition) is 4. The van der Waals surface area contributed by atoms with Crippen LogP contribution < -0.4 is 5.63 Å². The Labute approximate surface area is 81.1 Å². The minimum absolute atomic E-state index is 0.0954. The van der Waals surface area contributed by atoms with E-state index in [0.29, 0.717) is 5.57 Å². The van der Waals surface area contributed by atoms with E-state index in [0.717, 1.165) is 0 Å². The van der Waals surface area contributed by atoms with Crippen molar-refractivity contribution in [2.45, 2.75) is 13.8 Å². The average molecular weight is 196 g/mol. The molecule has 0 aromatic carbocycles. The van der Waals surface area contributed by atoms with Crippen LogP contribution in [0.15, 0.2) is 21.4 Å². The summed E-state index contributed by atoms with van der Waals surface area (Å²) in [7, 11) is 0. The van der Waals surface area contributed by atoms with Gasteiger partial charge in [0.05, 0.1) is 12.2 Å². The molecule has 0 bridgehead atoms. The molecule has 2 N–H and O–H groups in total. The fourth-order valence-electron chi connectivity index (χ4n) is 0.975. The topological polar surface area (TPSA) is 70.7 Å². The smallest absolute Gasteiger partial charge is 0.342 e. The first-order valence-electron chi connectivity index (χ1n) is 4.18. The van der Waals surface area contributed by atoms with Crippen molar-refractivity contribution in [3.8, 4) is 5.75 Å². The third-order valence-electron chi connectivity index (χ3n) is 1.95. The van der Waals surface area contributed by atoms with Gasteiger partial charge in [-0.3, -0.25) is 0 Å². The minimum atomic E-state index is -0.564. The first-order valence-corrected chi connectivity index (χ1v) is 4.18. The summed E-state index contributed by atoms with van der Waals surface area (Å²) >= 11 is 0. The van der Waals surface area contributed by atoms with E-state index in [1.165, 1.54) is 19.1 Å². The monoisotopic (exact) mass is 196 g/mol. The van der Waals surface area contributed by atoms with Crippen LogP contribution >= 0.6 is 0 Å². The SMILES string of the molecule is CC(=CCO)c1cc(O)c(C)c(=O)o1. The van der Waals surface area contributed by atoms with Gasteiger partial charge in [0.2, 0.25) is 0 Å². The second-order valence-corrected chi connectivity index (χ2v) is 2.98. The summed E-state index contributed by atoms with van der Waals surface area (Å²) in [5, 5.41) is 18.0. The number of aromatic hydroxyl groups is 1. The van der Waals surface area contributed by atoms with Crippen LogP contribution in [0, 0.1) is 6.92 Å². The van der Waals surface area contributed by atoms with Gasteiger partial charge < -0.3 is 14.6 Å². The number of rotatable bonds is 2. The molecule has 0 spiro atoms. The molecule has 0 unspecified atom stereocenters. The van der Waals surface area contributed by atoms with Crippen LogP contribution in [0.3, 0.4) is 0 Å². The summed E-state index contributed by atoms with van der Waals surface area (Å²) in [6, 6.07) is 1.36. The van der Waals surface area contributed by atoms with Crippen LogP contribution in [-0.4, -0.2) is 16.8 Å². The largest absolute Gasteiger partial charge is 0.507 e. The molecule has 0 saturated carbocycles. The number of aliphatic hydroxyl groups is 1. The molecular weight excluding hydrogens is 184 g/mol. The summed E-state index contributed by atoms with van der Waals surface area (Å²) in [6.45, 7) is 3.03. The lowest BCUT2D eigenvalue weighted by Crippen LogP contribution is -2.04. The zero-order chi connectivity index (χ0) is 10.7. The zero-order valence-electron chi connectivity index (χ0n) is 8.07. The van der Waals surface area contributed by atoms with E-state index in [-0.39, 0.29) is 23.7 Å². The van der Waals surface area contributed by atoms with Crippen LogP contribution in [0.5, 0.6) is 5.75 Å². The summed E-state index contributed by atoms with van der Waals surface area (Å²) < 4.78 is 4.91. The second-order valence-electron chi connectivity index (χ2n) is 2.98. The molecule has 0 aliphatic carbocycles. The third kappa shape index (κ3) is 2.03. The third-order valence-corrected chi connectivity index (χ3v) is 1.95. The highest BCUT2D eigenvalue weighted by Crippen LogP contribution is 2.19. The maximum atomic E-state index is 11.2. The maximum Gasteiger partial charge on any atom is 0.342 e. The van der Waals surface area contributed by atoms with E-state index in [1.54, 1.807) is 6.92 Å². The predicted octanol–water partition coefficient (Wildman–Crippen LogP) is 1.05. The van der Waals surface area contributed by atoms with Crippen molar-refractivity contribution in [2.75, 3.05) is 6.61 Å². The normalized spacial score (nSPS) is 11.8. The van der Waals surface area contributed by atoms with Gasteiger partial charge in [-0.2, -0.15) is 0 Å². The molecule has 0 aliphatic heterocycles. The maximum absolute atomic E-state index is 11.2. The van der Waals surface area contributed by atoms with Crippen molar-refractivity contribution in [3.63, 3.8) is 0 Å². The Morgan fingerprint density at radius 2 is 2.29 bits per heavy atom. The standard InChI is InChI=1S/C10H12O4/c1-6(3-4-11)9-5-8(12)7(2)10(13)14-9/h3,5,11-12H,4H2,1-2H3. The number of aliphatic hydroxyl groups excluding tert-OH is 1.